The van der Waals surface area contributed by atoms with Crippen LogP contribution in [0.4, 0.5) is 10.1 Å². The Labute approximate surface area is 142 Å². The number of hydrogen-bond acceptors (Lipinski definition) is 4. The molecule has 0 saturated heterocycles. The Morgan fingerprint density at radius 2 is 2.30 bits per heavy atom. The number of anilines is 1. The smallest absolute Gasteiger partial charge is 0.335 e. The Morgan fingerprint density at radius 1 is 1.57 bits per heavy atom. The van der Waals surface area contributed by atoms with Crippen molar-refractivity contribution in [3.8, 4) is 0 Å². The van der Waals surface area contributed by atoms with Crippen LogP contribution in [0.5, 0.6) is 0 Å². The number of carbonyl (C=O) groups excluding carboxylic acids is 1. The standard InChI is InChI=1S/C15H17ClFNO4S/c1-2-22-15(19)11-5-3-4-6-14(11)23(20,21)18-13-8-7-10(17)9-12(13)16/h5,7-9,14,18H,2-4,6H2,1H3/t14-/m1/s1/i4D2. The van der Waals surface area contributed by atoms with Crippen LogP contribution in [0.1, 0.15) is 28.9 Å². The first-order valence-electron chi connectivity index (χ1n) is 7.89. The van der Waals surface area contributed by atoms with E-state index in [1.54, 1.807) is 6.92 Å². The molecule has 126 valence electrons. The minimum absolute atomic E-state index is 0.0580. The quantitative estimate of drug-likeness (QED) is 0.815. The predicted octanol–water partition coefficient (Wildman–Crippen LogP) is 3.26. The highest BCUT2D eigenvalue weighted by Crippen LogP contribution is 2.30. The number of rotatable bonds is 5. The van der Waals surface area contributed by atoms with E-state index < -0.39 is 39.9 Å². The lowest BCUT2D eigenvalue weighted by Crippen LogP contribution is -2.34. The Hall–Kier alpha value is -1.60. The van der Waals surface area contributed by atoms with E-state index in [-0.39, 0.29) is 29.3 Å². The molecule has 1 aliphatic rings. The average Bonchev–Trinajstić information content (AvgIpc) is 2.49. The maximum atomic E-state index is 13.1. The third-order valence-electron chi connectivity index (χ3n) is 3.21. The molecule has 0 spiro atoms. The van der Waals surface area contributed by atoms with Crippen LogP contribution < -0.4 is 4.72 Å². The number of halogens is 2. The Kier molecular flexibility index (Phi) is 4.76. The lowest BCUT2D eigenvalue weighted by atomic mass is 9.99. The highest BCUT2D eigenvalue weighted by molar-refractivity contribution is 7.93. The molecular weight excluding hydrogens is 345 g/mol. The molecule has 1 aliphatic carbocycles. The van der Waals surface area contributed by atoms with Gasteiger partial charge in [0, 0.05) is 2.74 Å². The molecule has 2 rings (SSSR count). The zero-order valence-corrected chi connectivity index (χ0v) is 13.9. The molecule has 0 bridgehead atoms. The molecule has 0 radical (unpaired) electrons. The second-order valence-electron chi connectivity index (χ2n) is 4.80. The maximum absolute atomic E-state index is 13.1. The van der Waals surface area contributed by atoms with Crippen LogP contribution in [0.25, 0.3) is 0 Å². The number of esters is 1. The molecule has 0 heterocycles. The van der Waals surface area contributed by atoms with Crippen LogP contribution in [0.2, 0.25) is 5.02 Å². The van der Waals surface area contributed by atoms with Crippen LogP contribution in [0.3, 0.4) is 0 Å². The molecular formula is C15H17ClFNO4S. The Bertz CT molecular complexity index is 814. The highest BCUT2D eigenvalue weighted by Gasteiger charge is 2.35. The predicted molar refractivity (Wildman–Crippen MR) is 86.3 cm³/mol. The normalized spacial score (nSPS) is 21.7. The van der Waals surface area contributed by atoms with Gasteiger partial charge >= 0.3 is 5.97 Å². The largest absolute Gasteiger partial charge is 0.463 e. The van der Waals surface area contributed by atoms with E-state index in [0.717, 1.165) is 18.2 Å². The Morgan fingerprint density at radius 3 is 2.96 bits per heavy atom. The summed E-state index contributed by atoms with van der Waals surface area (Å²) in [5.74, 6) is -1.44. The third kappa shape index (κ3) is 4.23. The summed E-state index contributed by atoms with van der Waals surface area (Å²) in [5, 5.41) is -1.60. The second-order valence-corrected chi connectivity index (χ2v) is 7.07. The molecule has 1 atom stereocenters. The van der Waals surface area contributed by atoms with Crippen LogP contribution in [-0.4, -0.2) is 26.2 Å². The van der Waals surface area contributed by atoms with E-state index in [1.807, 2.05) is 0 Å². The number of hydrogen-bond donors (Lipinski definition) is 1. The minimum atomic E-state index is -4.22. The van der Waals surface area contributed by atoms with Crippen molar-refractivity contribution in [1.82, 2.24) is 0 Å². The van der Waals surface area contributed by atoms with E-state index in [9.17, 15) is 17.6 Å². The highest BCUT2D eigenvalue weighted by atomic mass is 35.5. The van der Waals surface area contributed by atoms with Gasteiger partial charge in [0.25, 0.3) is 0 Å². The van der Waals surface area contributed by atoms with Gasteiger partial charge in [-0.3, -0.25) is 4.72 Å². The monoisotopic (exact) mass is 363 g/mol. The van der Waals surface area contributed by atoms with Crippen molar-refractivity contribution in [3.63, 3.8) is 0 Å². The van der Waals surface area contributed by atoms with Crippen molar-refractivity contribution in [2.75, 3.05) is 11.3 Å². The topological polar surface area (TPSA) is 72.5 Å². The van der Waals surface area contributed by atoms with E-state index in [4.69, 9.17) is 19.1 Å². The summed E-state index contributed by atoms with van der Waals surface area (Å²) in [5.41, 5.74) is -0.180. The van der Waals surface area contributed by atoms with Crippen LogP contribution in [0.15, 0.2) is 29.8 Å². The molecule has 0 aliphatic heterocycles. The van der Waals surface area contributed by atoms with E-state index in [1.165, 1.54) is 6.08 Å². The summed E-state index contributed by atoms with van der Waals surface area (Å²) < 4.78 is 61.3. The van der Waals surface area contributed by atoms with Gasteiger partial charge in [-0.25, -0.2) is 17.6 Å². The van der Waals surface area contributed by atoms with Crippen LogP contribution in [0, 0.1) is 5.82 Å². The summed E-state index contributed by atoms with van der Waals surface area (Å²) in [7, 11) is -4.22. The van der Waals surface area contributed by atoms with Gasteiger partial charge in [0.05, 0.1) is 22.9 Å². The molecule has 0 saturated carbocycles. The van der Waals surface area contributed by atoms with Gasteiger partial charge in [-0.2, -0.15) is 0 Å². The molecule has 1 aromatic rings. The van der Waals surface area contributed by atoms with Crippen LogP contribution in [-0.2, 0) is 19.6 Å². The van der Waals surface area contributed by atoms with Gasteiger partial charge in [-0.05, 0) is 44.3 Å². The molecule has 23 heavy (non-hydrogen) atoms. The zero-order valence-electron chi connectivity index (χ0n) is 14.3. The van der Waals surface area contributed by atoms with Gasteiger partial charge in [-0.15, -0.1) is 0 Å². The summed E-state index contributed by atoms with van der Waals surface area (Å²) >= 11 is 5.83. The Balaban J connectivity index is 2.37. The lowest BCUT2D eigenvalue weighted by molar-refractivity contribution is -0.138. The minimum Gasteiger partial charge on any atom is -0.463 e. The second kappa shape index (κ2) is 7.31. The van der Waals surface area contributed by atoms with Crippen molar-refractivity contribution in [2.45, 2.75) is 31.4 Å². The fourth-order valence-corrected chi connectivity index (χ4v) is 3.90. The van der Waals surface area contributed by atoms with E-state index in [2.05, 4.69) is 4.72 Å². The fraction of sp³-hybridized carbons (Fsp3) is 0.400. The molecule has 0 fully saturated rings. The van der Waals surface area contributed by atoms with Crippen molar-refractivity contribution < 1.29 is 25.1 Å². The van der Waals surface area contributed by atoms with Crippen molar-refractivity contribution in [2.24, 2.45) is 0 Å². The molecule has 5 nitrogen and oxygen atoms in total. The number of ether oxygens (including phenoxy) is 1. The number of benzene rings is 1. The molecule has 8 heteroatoms. The number of nitrogens with one attached hydrogen (secondary N) is 1. The third-order valence-corrected chi connectivity index (χ3v) is 5.20. The molecule has 0 unspecified atom stereocenters. The molecule has 0 aromatic heterocycles. The first-order chi connectivity index (χ1) is 11.6. The maximum Gasteiger partial charge on any atom is 0.335 e. The summed E-state index contributed by atoms with van der Waals surface area (Å²) in [6.07, 6.45) is -1.05. The summed E-state index contributed by atoms with van der Waals surface area (Å²) in [4.78, 5) is 12.0. The van der Waals surface area contributed by atoms with Gasteiger partial charge in [-0.1, -0.05) is 17.7 Å². The summed E-state index contributed by atoms with van der Waals surface area (Å²) in [6, 6.07) is 3.13. The number of sulfonamides is 1. The average molecular weight is 364 g/mol. The van der Waals surface area contributed by atoms with E-state index >= 15 is 0 Å². The van der Waals surface area contributed by atoms with Gasteiger partial charge in [0.2, 0.25) is 10.0 Å². The van der Waals surface area contributed by atoms with Crippen molar-refractivity contribution >= 4 is 33.3 Å². The lowest BCUT2D eigenvalue weighted by Gasteiger charge is -2.24. The van der Waals surface area contributed by atoms with Gasteiger partial charge in [0.15, 0.2) is 0 Å². The fourth-order valence-electron chi connectivity index (χ4n) is 2.14. The zero-order chi connectivity index (χ0) is 18.8. The van der Waals surface area contributed by atoms with Crippen LogP contribution >= 0.6 is 11.6 Å². The first-order valence-corrected chi connectivity index (χ1v) is 8.82. The summed E-state index contributed by atoms with van der Waals surface area (Å²) in [6.45, 7) is 1.65. The molecule has 1 aromatic carbocycles. The first kappa shape index (κ1) is 15.0. The SMILES string of the molecule is [2H]C1([2H])CC=C(C(=O)OCC)[C@H](S(=O)(=O)Nc2ccc(F)cc2Cl)C1. The van der Waals surface area contributed by atoms with Gasteiger partial charge < -0.3 is 4.74 Å². The van der Waals surface area contributed by atoms with Crippen molar-refractivity contribution in [1.29, 1.82) is 0 Å². The van der Waals surface area contributed by atoms with Crippen molar-refractivity contribution in [3.05, 3.63) is 40.7 Å². The number of allylic oxidation sites excluding steroid dienone is 1. The van der Waals surface area contributed by atoms with E-state index in [0.29, 0.717) is 0 Å². The molecule has 0 amide bonds. The molecule has 1 N–H and O–H groups in total. The van der Waals surface area contributed by atoms with Gasteiger partial charge in [0.1, 0.15) is 11.1 Å². The number of carbonyl (C=O) groups is 1.